The molecule has 0 saturated carbocycles. The zero-order valence-electron chi connectivity index (χ0n) is 30.1. The molecule has 3 aromatic heterocycles. The predicted octanol–water partition coefficient (Wildman–Crippen LogP) is 14.1. The monoisotopic (exact) mass is 733 g/mol. The van der Waals surface area contributed by atoms with E-state index < -0.39 is 0 Å². The maximum atomic E-state index is 6.60. The van der Waals surface area contributed by atoms with Crippen LogP contribution in [0.4, 0.5) is 0 Å². The molecule has 0 radical (unpaired) electrons. The topological polar surface area (TPSA) is 51.8 Å². The van der Waals surface area contributed by atoms with Gasteiger partial charge in [-0.15, -0.1) is 11.3 Å². The van der Waals surface area contributed by atoms with Gasteiger partial charge < -0.3 is 4.42 Å². The Morgan fingerprint density at radius 2 is 0.964 bits per heavy atom. The fourth-order valence-electron chi connectivity index (χ4n) is 7.90. The van der Waals surface area contributed by atoms with E-state index in [1.54, 1.807) is 11.3 Å². The highest BCUT2D eigenvalue weighted by Crippen LogP contribution is 2.45. The molecule has 0 atom stereocenters. The van der Waals surface area contributed by atoms with Gasteiger partial charge in [-0.2, -0.15) is 0 Å². The van der Waals surface area contributed by atoms with Gasteiger partial charge in [-0.1, -0.05) is 158 Å². The number of aromatic nitrogens is 3. The van der Waals surface area contributed by atoms with E-state index in [0.29, 0.717) is 17.5 Å². The van der Waals surface area contributed by atoms with Gasteiger partial charge in [0.05, 0.1) is 0 Å². The summed E-state index contributed by atoms with van der Waals surface area (Å²) in [5, 5.41) is 4.56. The van der Waals surface area contributed by atoms with Gasteiger partial charge in [0, 0.05) is 53.2 Å². The van der Waals surface area contributed by atoms with E-state index in [1.807, 2.05) is 36.4 Å². The number of hydrogen-bond donors (Lipinski definition) is 0. The lowest BCUT2D eigenvalue weighted by molar-refractivity contribution is 0.670. The second kappa shape index (κ2) is 13.3. The molecule has 11 aromatic rings. The third kappa shape index (κ3) is 5.48. The smallest absolute Gasteiger partial charge is 0.164 e. The molecule has 0 aliphatic rings. The first-order chi connectivity index (χ1) is 27.7. The van der Waals surface area contributed by atoms with Crippen LogP contribution < -0.4 is 0 Å². The van der Waals surface area contributed by atoms with E-state index in [9.17, 15) is 0 Å². The first-order valence-electron chi connectivity index (χ1n) is 18.7. The van der Waals surface area contributed by atoms with Crippen LogP contribution in [0.1, 0.15) is 0 Å². The molecular weight excluding hydrogens is 703 g/mol. The standard InChI is InChI=1S/C51H31N3OS/c1-4-14-32(15-5-1)35-20-12-21-37(30-35)50-52-49(34-18-8-3-9-19-34)53-51(54-50)42-23-13-25-44-46(42)41-27-26-36(31-45(41)56-44)38-28-29-39(33-16-6-2-7-17-33)48-47(38)40-22-10-11-24-43(40)55-48/h1-31H. The minimum atomic E-state index is 0.640. The second-order valence-corrected chi connectivity index (χ2v) is 15.0. The van der Waals surface area contributed by atoms with Crippen molar-refractivity contribution in [1.82, 2.24) is 15.0 Å². The first-order valence-corrected chi connectivity index (χ1v) is 19.5. The maximum Gasteiger partial charge on any atom is 0.164 e. The molecule has 0 aliphatic heterocycles. The van der Waals surface area contributed by atoms with Gasteiger partial charge in [-0.05, 0) is 58.1 Å². The van der Waals surface area contributed by atoms with Crippen LogP contribution in [-0.4, -0.2) is 15.0 Å². The molecule has 4 nitrogen and oxygen atoms in total. The molecule has 0 N–H and O–H groups in total. The Morgan fingerprint density at radius 1 is 0.339 bits per heavy atom. The fraction of sp³-hybridized carbons (Fsp3) is 0. The fourth-order valence-corrected chi connectivity index (χ4v) is 9.08. The normalized spacial score (nSPS) is 11.6. The van der Waals surface area contributed by atoms with Gasteiger partial charge in [0.15, 0.2) is 17.5 Å². The summed E-state index contributed by atoms with van der Waals surface area (Å²) in [5.74, 6) is 1.93. The van der Waals surface area contributed by atoms with Crippen molar-refractivity contribution in [2.24, 2.45) is 0 Å². The number of para-hydroxylation sites is 1. The molecule has 0 saturated heterocycles. The molecule has 8 aromatic carbocycles. The highest BCUT2D eigenvalue weighted by molar-refractivity contribution is 7.26. The van der Waals surface area contributed by atoms with E-state index in [0.717, 1.165) is 77.4 Å². The van der Waals surface area contributed by atoms with Crippen molar-refractivity contribution in [2.75, 3.05) is 0 Å². The van der Waals surface area contributed by atoms with E-state index in [2.05, 4.69) is 152 Å². The summed E-state index contributed by atoms with van der Waals surface area (Å²) in [6.45, 7) is 0. The van der Waals surface area contributed by atoms with Gasteiger partial charge in [0.2, 0.25) is 0 Å². The molecule has 11 rings (SSSR count). The summed E-state index contributed by atoms with van der Waals surface area (Å²) in [5.41, 5.74) is 11.4. The largest absolute Gasteiger partial charge is 0.455 e. The van der Waals surface area contributed by atoms with Crippen molar-refractivity contribution < 1.29 is 4.42 Å². The molecule has 0 bridgehead atoms. The molecular formula is C51H31N3OS. The Labute approximate surface area is 327 Å². The van der Waals surface area contributed by atoms with Crippen molar-refractivity contribution in [3.8, 4) is 67.5 Å². The zero-order chi connectivity index (χ0) is 37.0. The quantitative estimate of drug-likeness (QED) is 0.171. The lowest BCUT2D eigenvalue weighted by Gasteiger charge is -2.11. The molecule has 3 heterocycles. The lowest BCUT2D eigenvalue weighted by atomic mass is 9.94. The minimum absolute atomic E-state index is 0.640. The number of furan rings is 1. The van der Waals surface area contributed by atoms with Gasteiger partial charge in [0.1, 0.15) is 11.2 Å². The number of rotatable bonds is 6. The van der Waals surface area contributed by atoms with Crippen LogP contribution in [0.2, 0.25) is 0 Å². The molecule has 262 valence electrons. The molecule has 0 aliphatic carbocycles. The number of nitrogens with zero attached hydrogens (tertiary/aromatic N) is 3. The van der Waals surface area contributed by atoms with Crippen LogP contribution in [0.15, 0.2) is 192 Å². The van der Waals surface area contributed by atoms with Gasteiger partial charge >= 0.3 is 0 Å². The van der Waals surface area contributed by atoms with Crippen LogP contribution in [0.3, 0.4) is 0 Å². The number of benzene rings is 8. The van der Waals surface area contributed by atoms with Gasteiger partial charge in [-0.3, -0.25) is 0 Å². The molecule has 56 heavy (non-hydrogen) atoms. The van der Waals surface area contributed by atoms with E-state index in [-0.39, 0.29) is 0 Å². The van der Waals surface area contributed by atoms with Crippen molar-refractivity contribution in [3.05, 3.63) is 188 Å². The number of fused-ring (bicyclic) bond motifs is 6. The predicted molar refractivity (Wildman–Crippen MR) is 233 cm³/mol. The Hall–Kier alpha value is -7.21. The summed E-state index contributed by atoms with van der Waals surface area (Å²) in [6.07, 6.45) is 0. The van der Waals surface area contributed by atoms with E-state index in [1.165, 1.54) is 14.8 Å². The van der Waals surface area contributed by atoms with Crippen LogP contribution in [0, 0.1) is 0 Å². The number of thiophene rings is 1. The Morgan fingerprint density at radius 3 is 1.77 bits per heavy atom. The van der Waals surface area contributed by atoms with Crippen molar-refractivity contribution in [2.45, 2.75) is 0 Å². The summed E-state index contributed by atoms with van der Waals surface area (Å²) in [6, 6.07) is 65.6. The third-order valence-corrected chi connectivity index (χ3v) is 11.7. The van der Waals surface area contributed by atoms with Crippen molar-refractivity contribution >= 4 is 53.4 Å². The molecule has 0 fully saturated rings. The SMILES string of the molecule is c1ccc(-c2cccc(-c3nc(-c4ccccc4)nc(-c4cccc5sc6cc(-c7ccc(-c8ccccc8)c8oc9ccccc9c78)ccc6c45)n3)c2)cc1. The summed E-state index contributed by atoms with van der Waals surface area (Å²) >= 11 is 1.80. The van der Waals surface area contributed by atoms with Crippen LogP contribution in [0.25, 0.3) is 110 Å². The lowest BCUT2D eigenvalue weighted by Crippen LogP contribution is -2.00. The van der Waals surface area contributed by atoms with Crippen LogP contribution in [0.5, 0.6) is 0 Å². The average molecular weight is 734 g/mol. The number of hydrogen-bond acceptors (Lipinski definition) is 5. The summed E-state index contributed by atoms with van der Waals surface area (Å²) in [4.78, 5) is 15.4. The zero-order valence-corrected chi connectivity index (χ0v) is 30.9. The minimum Gasteiger partial charge on any atom is -0.455 e. The third-order valence-electron chi connectivity index (χ3n) is 10.6. The van der Waals surface area contributed by atoms with E-state index >= 15 is 0 Å². The molecule has 0 amide bonds. The van der Waals surface area contributed by atoms with Crippen LogP contribution >= 0.6 is 11.3 Å². The average Bonchev–Trinajstić information content (AvgIpc) is 3.86. The van der Waals surface area contributed by atoms with Crippen molar-refractivity contribution in [1.29, 1.82) is 0 Å². The maximum absolute atomic E-state index is 6.60. The summed E-state index contributed by atoms with van der Waals surface area (Å²) < 4.78 is 8.98. The summed E-state index contributed by atoms with van der Waals surface area (Å²) in [7, 11) is 0. The molecule has 0 spiro atoms. The Balaban J connectivity index is 1.08. The Kier molecular flexibility index (Phi) is 7.64. The molecule has 5 heteroatoms. The van der Waals surface area contributed by atoms with Crippen LogP contribution in [-0.2, 0) is 0 Å². The second-order valence-electron chi connectivity index (χ2n) is 13.9. The van der Waals surface area contributed by atoms with E-state index in [4.69, 9.17) is 19.4 Å². The molecule has 0 unspecified atom stereocenters. The van der Waals surface area contributed by atoms with Gasteiger partial charge in [-0.25, -0.2) is 15.0 Å². The van der Waals surface area contributed by atoms with Gasteiger partial charge in [0.25, 0.3) is 0 Å². The first kappa shape index (κ1) is 32.2. The highest BCUT2D eigenvalue weighted by atomic mass is 32.1. The Bertz CT molecular complexity index is 3240. The van der Waals surface area contributed by atoms with Crippen molar-refractivity contribution in [3.63, 3.8) is 0 Å². The highest BCUT2D eigenvalue weighted by Gasteiger charge is 2.20.